The molecule has 0 saturated heterocycles. The summed E-state index contributed by atoms with van der Waals surface area (Å²) in [6.07, 6.45) is 0. The lowest BCUT2D eigenvalue weighted by Gasteiger charge is -2.20. The molecule has 0 radical (unpaired) electrons. The number of pyridine rings is 1. The van der Waals surface area contributed by atoms with E-state index in [9.17, 15) is 9.59 Å². The van der Waals surface area contributed by atoms with Gasteiger partial charge in [0, 0.05) is 5.56 Å². The lowest BCUT2D eigenvalue weighted by Crippen LogP contribution is -2.17. The average Bonchev–Trinajstić information content (AvgIpc) is 2.83. The van der Waals surface area contributed by atoms with Crippen LogP contribution in [0.25, 0.3) is 11.1 Å². The van der Waals surface area contributed by atoms with Crippen molar-refractivity contribution in [3.05, 3.63) is 74.5 Å². The number of rotatable bonds is 10. The second-order valence-corrected chi connectivity index (χ2v) is 9.20. The molecular weight excluding hydrogens is 538 g/mol. The number of hydrogen-bond donors (Lipinski definition) is 0. The Bertz CT molecular complexity index is 1260. The fraction of sp³-hybridized carbons (Fsp3) is 0.345. The van der Waals surface area contributed by atoms with E-state index in [2.05, 4.69) is 27.0 Å². The van der Waals surface area contributed by atoms with Crippen LogP contribution in [-0.2, 0) is 16.1 Å². The first-order valence-corrected chi connectivity index (χ1v) is 13.0. The first-order valence-electron chi connectivity index (χ1n) is 12.2. The van der Waals surface area contributed by atoms with Gasteiger partial charge in [0.25, 0.3) is 0 Å². The van der Waals surface area contributed by atoms with E-state index < -0.39 is 11.9 Å². The number of carbonyl (C=O) groups is 2. The SMILES string of the molecule is CCOC(=O)c1c(C)nc(C)c(C(=O)OCC)c1-c1cc(Br)c(OCc2cccc(C)c2)c(OCC)c1. The number of carbonyl (C=O) groups excluding carboxylic acids is 2. The van der Waals surface area contributed by atoms with Crippen LogP contribution in [0.15, 0.2) is 40.9 Å². The highest BCUT2D eigenvalue weighted by molar-refractivity contribution is 9.10. The molecule has 1 heterocycles. The smallest absolute Gasteiger partial charge is 0.340 e. The first-order chi connectivity index (χ1) is 17.7. The number of nitrogens with zero attached hydrogens (tertiary/aromatic N) is 1. The maximum atomic E-state index is 13.1. The van der Waals surface area contributed by atoms with Crippen LogP contribution >= 0.6 is 15.9 Å². The Kier molecular flexibility index (Phi) is 9.69. The molecule has 196 valence electrons. The summed E-state index contributed by atoms with van der Waals surface area (Å²) in [4.78, 5) is 30.6. The maximum absolute atomic E-state index is 13.1. The van der Waals surface area contributed by atoms with Gasteiger partial charge in [0.1, 0.15) is 6.61 Å². The normalized spacial score (nSPS) is 10.7. The third-order valence-corrected chi connectivity index (χ3v) is 6.17. The van der Waals surface area contributed by atoms with E-state index in [1.165, 1.54) is 0 Å². The predicted octanol–water partition coefficient (Wildman–Crippen LogP) is 6.77. The molecule has 0 unspecified atom stereocenters. The summed E-state index contributed by atoms with van der Waals surface area (Å²) >= 11 is 3.62. The third-order valence-electron chi connectivity index (χ3n) is 5.58. The van der Waals surface area contributed by atoms with E-state index in [0.717, 1.165) is 11.1 Å². The number of aromatic nitrogens is 1. The second kappa shape index (κ2) is 12.7. The molecule has 0 N–H and O–H groups in total. The largest absolute Gasteiger partial charge is 0.490 e. The molecule has 0 bridgehead atoms. The minimum atomic E-state index is -0.568. The zero-order valence-electron chi connectivity index (χ0n) is 22.1. The van der Waals surface area contributed by atoms with Crippen LogP contribution in [-0.4, -0.2) is 36.7 Å². The quantitative estimate of drug-likeness (QED) is 0.249. The van der Waals surface area contributed by atoms with E-state index in [0.29, 0.717) is 51.7 Å². The van der Waals surface area contributed by atoms with Crippen LogP contribution in [0.1, 0.15) is 64.0 Å². The van der Waals surface area contributed by atoms with E-state index in [1.807, 2.05) is 32.0 Å². The van der Waals surface area contributed by atoms with Gasteiger partial charge in [-0.1, -0.05) is 29.8 Å². The number of aryl methyl sites for hydroxylation is 3. The van der Waals surface area contributed by atoms with Gasteiger partial charge >= 0.3 is 11.9 Å². The predicted molar refractivity (Wildman–Crippen MR) is 145 cm³/mol. The van der Waals surface area contributed by atoms with Gasteiger partial charge < -0.3 is 18.9 Å². The highest BCUT2D eigenvalue weighted by atomic mass is 79.9. The minimum absolute atomic E-state index is 0.181. The molecule has 0 amide bonds. The van der Waals surface area contributed by atoms with E-state index in [4.69, 9.17) is 18.9 Å². The third kappa shape index (κ3) is 6.49. The van der Waals surface area contributed by atoms with Gasteiger partial charge in [0.05, 0.1) is 46.8 Å². The highest BCUT2D eigenvalue weighted by Crippen LogP contribution is 2.43. The fourth-order valence-corrected chi connectivity index (χ4v) is 4.67. The number of esters is 2. The fourth-order valence-electron chi connectivity index (χ4n) is 4.12. The Morgan fingerprint density at radius 2 is 1.46 bits per heavy atom. The van der Waals surface area contributed by atoms with Crippen LogP contribution in [0.2, 0.25) is 0 Å². The van der Waals surface area contributed by atoms with Crippen LogP contribution < -0.4 is 9.47 Å². The Morgan fingerprint density at radius 1 is 0.838 bits per heavy atom. The van der Waals surface area contributed by atoms with Crippen molar-refractivity contribution < 1.29 is 28.5 Å². The molecule has 3 aromatic rings. The van der Waals surface area contributed by atoms with Crippen molar-refractivity contribution in [2.45, 2.75) is 48.1 Å². The minimum Gasteiger partial charge on any atom is -0.490 e. The lowest BCUT2D eigenvalue weighted by atomic mass is 9.92. The second-order valence-electron chi connectivity index (χ2n) is 8.34. The summed E-state index contributed by atoms with van der Waals surface area (Å²) in [6, 6.07) is 11.6. The number of hydrogen-bond acceptors (Lipinski definition) is 7. The van der Waals surface area contributed by atoms with Crippen molar-refractivity contribution in [1.82, 2.24) is 4.98 Å². The van der Waals surface area contributed by atoms with Gasteiger partial charge in [0.2, 0.25) is 0 Å². The molecule has 0 aliphatic carbocycles. The number of halogens is 1. The molecule has 7 nitrogen and oxygen atoms in total. The molecule has 0 aliphatic heterocycles. The molecule has 8 heteroatoms. The van der Waals surface area contributed by atoms with Crippen molar-refractivity contribution in [3.63, 3.8) is 0 Å². The monoisotopic (exact) mass is 569 g/mol. The number of benzene rings is 2. The molecular formula is C29H32BrNO6. The van der Waals surface area contributed by atoms with Crippen LogP contribution in [0.5, 0.6) is 11.5 Å². The maximum Gasteiger partial charge on any atom is 0.340 e. The molecule has 0 aliphatic rings. The van der Waals surface area contributed by atoms with Crippen molar-refractivity contribution in [3.8, 4) is 22.6 Å². The van der Waals surface area contributed by atoms with Gasteiger partial charge in [-0.05, 0) is 80.7 Å². The Morgan fingerprint density at radius 3 is 2.00 bits per heavy atom. The Hall–Kier alpha value is -3.39. The van der Waals surface area contributed by atoms with Crippen molar-refractivity contribution in [2.24, 2.45) is 0 Å². The summed E-state index contributed by atoms with van der Waals surface area (Å²) in [7, 11) is 0. The van der Waals surface area contributed by atoms with Gasteiger partial charge in [0.15, 0.2) is 11.5 Å². The summed E-state index contributed by atoms with van der Waals surface area (Å²) < 4.78 is 23.4. The van der Waals surface area contributed by atoms with Crippen LogP contribution in [0.3, 0.4) is 0 Å². The van der Waals surface area contributed by atoms with Gasteiger partial charge in [-0.15, -0.1) is 0 Å². The topological polar surface area (TPSA) is 84.0 Å². The highest BCUT2D eigenvalue weighted by Gasteiger charge is 2.29. The first kappa shape index (κ1) is 28.2. The van der Waals surface area contributed by atoms with E-state index >= 15 is 0 Å². The zero-order chi connectivity index (χ0) is 27.1. The molecule has 2 aromatic carbocycles. The lowest BCUT2D eigenvalue weighted by molar-refractivity contribution is 0.0525. The standard InChI is InChI=1S/C29H32BrNO6/c1-7-34-23-15-21(14-22(30)27(23)37-16-20-12-10-11-17(4)13-20)26-24(28(32)35-8-2)18(5)31-19(6)25(26)29(33)36-9-3/h10-15H,7-9,16H2,1-6H3. The van der Waals surface area contributed by atoms with Crippen molar-refractivity contribution in [1.29, 1.82) is 0 Å². The molecule has 0 saturated carbocycles. The Balaban J connectivity index is 2.22. The number of ether oxygens (including phenoxy) is 4. The molecule has 1 aromatic heterocycles. The molecule has 3 rings (SSSR count). The molecule has 0 spiro atoms. The van der Waals surface area contributed by atoms with Gasteiger partial charge in [-0.25, -0.2) is 9.59 Å². The van der Waals surface area contributed by atoms with E-state index in [1.54, 1.807) is 39.8 Å². The summed E-state index contributed by atoms with van der Waals surface area (Å²) in [5, 5.41) is 0. The summed E-state index contributed by atoms with van der Waals surface area (Å²) in [5.41, 5.74) is 4.43. The van der Waals surface area contributed by atoms with Crippen molar-refractivity contribution in [2.75, 3.05) is 19.8 Å². The molecule has 0 atom stereocenters. The van der Waals surface area contributed by atoms with Gasteiger partial charge in [-0.3, -0.25) is 4.98 Å². The van der Waals surface area contributed by atoms with Crippen LogP contribution in [0, 0.1) is 20.8 Å². The summed E-state index contributed by atoms with van der Waals surface area (Å²) in [6.45, 7) is 11.9. The van der Waals surface area contributed by atoms with E-state index in [-0.39, 0.29) is 24.3 Å². The van der Waals surface area contributed by atoms with Crippen molar-refractivity contribution >= 4 is 27.9 Å². The summed E-state index contributed by atoms with van der Waals surface area (Å²) in [5.74, 6) is -0.148. The van der Waals surface area contributed by atoms with Crippen LogP contribution in [0.4, 0.5) is 0 Å². The molecule has 0 fully saturated rings. The Labute approximate surface area is 226 Å². The zero-order valence-corrected chi connectivity index (χ0v) is 23.7. The molecule has 37 heavy (non-hydrogen) atoms. The average molecular weight is 570 g/mol. The van der Waals surface area contributed by atoms with Gasteiger partial charge in [-0.2, -0.15) is 0 Å².